The molecule has 3 aromatic carbocycles. The highest BCUT2D eigenvalue weighted by Crippen LogP contribution is 2.73. The zero-order chi connectivity index (χ0) is 31.9. The molecule has 0 bridgehead atoms. The molecule has 0 radical (unpaired) electrons. The van der Waals surface area contributed by atoms with Crippen LogP contribution in [0.15, 0.2) is 82.0 Å². The summed E-state index contributed by atoms with van der Waals surface area (Å²) in [7, 11) is 1.27. The molecule has 10 heteroatoms. The third-order valence-corrected chi connectivity index (χ3v) is 10.9. The normalized spacial score (nSPS) is 31.2. The standard InChI is InChI=1S/C37H31N3O7/c1-35(2)45-30-27-24-16-10-18-40(24)36(21-13-6-4-11-19(21)28-31(36)39-23-15-8-7-14-22(23)38-28)37(27,47-34(30)46-35)32-26(33(42)43-3)29(41)20-12-5-9-17-25(20)44-32/h4-9,11-15,17,24,27,30,34H,10,16,18H2,1-3H3/t24?,27-,30-,34+,36+,37-/m0/s1. The first-order chi connectivity index (χ1) is 22.8. The molecule has 0 saturated carbocycles. The first-order valence-corrected chi connectivity index (χ1v) is 16.1. The van der Waals surface area contributed by atoms with Crippen LogP contribution in [0.1, 0.15) is 54.1 Å². The van der Waals surface area contributed by atoms with Crippen molar-refractivity contribution in [1.82, 2.24) is 14.9 Å². The molecule has 47 heavy (non-hydrogen) atoms. The lowest BCUT2D eigenvalue weighted by molar-refractivity contribution is -0.250. The molecule has 10 rings (SSSR count). The van der Waals surface area contributed by atoms with Gasteiger partial charge in [-0.1, -0.05) is 48.5 Å². The van der Waals surface area contributed by atoms with Gasteiger partial charge in [-0.05, 0) is 63.1 Å². The maximum absolute atomic E-state index is 14.4. The Kier molecular flexibility index (Phi) is 5.35. The highest BCUT2D eigenvalue weighted by atomic mass is 16.8. The number of aromatic nitrogens is 2. The molecule has 0 N–H and O–H groups in total. The second-order valence-electron chi connectivity index (χ2n) is 13.5. The third kappa shape index (κ3) is 3.19. The Morgan fingerprint density at radius 1 is 0.936 bits per heavy atom. The zero-order valence-corrected chi connectivity index (χ0v) is 26.1. The van der Waals surface area contributed by atoms with Crippen LogP contribution < -0.4 is 5.43 Å². The van der Waals surface area contributed by atoms with E-state index in [4.69, 9.17) is 33.3 Å². The number of hydrogen-bond donors (Lipinski definition) is 0. The van der Waals surface area contributed by atoms with E-state index in [-0.39, 0.29) is 22.8 Å². The van der Waals surface area contributed by atoms with Crippen molar-refractivity contribution in [2.45, 2.75) is 62.1 Å². The Balaban J connectivity index is 1.40. The van der Waals surface area contributed by atoms with Gasteiger partial charge in [-0.25, -0.2) is 14.8 Å². The molecular formula is C37H31N3O7. The number of nitrogens with zero attached hydrogens (tertiary/aromatic N) is 3. The number of ether oxygens (including phenoxy) is 4. The molecule has 1 unspecified atom stereocenters. The van der Waals surface area contributed by atoms with Crippen LogP contribution >= 0.6 is 0 Å². The largest absolute Gasteiger partial charge is 0.465 e. The van der Waals surface area contributed by atoms with Crippen LogP contribution in [0.25, 0.3) is 33.3 Å². The SMILES string of the molecule is COC(=O)c1c([C@@]23O[C@H]4OC(C)(C)O[C@H]4[C@@H]2C2CCCN2[C@@]32c3ccccc3-c3nc4ccccc4nc32)oc2ccccc2c1=O. The summed E-state index contributed by atoms with van der Waals surface area (Å²) in [4.78, 5) is 41.4. The summed E-state index contributed by atoms with van der Waals surface area (Å²) < 4.78 is 32.7. The summed E-state index contributed by atoms with van der Waals surface area (Å²) in [6.07, 6.45) is 0.447. The lowest BCUT2D eigenvalue weighted by atomic mass is 9.67. The van der Waals surface area contributed by atoms with Gasteiger partial charge in [0.1, 0.15) is 22.8 Å². The summed E-state index contributed by atoms with van der Waals surface area (Å²) >= 11 is 0. The monoisotopic (exact) mass is 629 g/mol. The predicted octanol–water partition coefficient (Wildman–Crippen LogP) is 5.24. The van der Waals surface area contributed by atoms with Crippen molar-refractivity contribution >= 4 is 28.0 Å². The Labute approximate surface area is 269 Å². The number of para-hydroxylation sites is 3. The Bertz CT molecular complexity index is 2250. The summed E-state index contributed by atoms with van der Waals surface area (Å²) in [5.41, 5.74) is 1.75. The highest BCUT2D eigenvalue weighted by molar-refractivity contribution is 5.95. The molecule has 5 aliphatic rings. The van der Waals surface area contributed by atoms with Gasteiger partial charge in [0, 0.05) is 17.5 Å². The maximum atomic E-state index is 14.4. The Morgan fingerprint density at radius 3 is 2.51 bits per heavy atom. The van der Waals surface area contributed by atoms with Gasteiger partial charge < -0.3 is 23.4 Å². The van der Waals surface area contributed by atoms with E-state index in [0.29, 0.717) is 11.3 Å². The molecule has 5 aromatic rings. The van der Waals surface area contributed by atoms with E-state index in [1.165, 1.54) is 7.11 Å². The molecule has 6 heterocycles. The first kappa shape index (κ1) is 27.6. The number of fused-ring (bicyclic) bond motifs is 14. The van der Waals surface area contributed by atoms with E-state index < -0.39 is 46.6 Å². The van der Waals surface area contributed by atoms with E-state index in [2.05, 4.69) is 17.0 Å². The van der Waals surface area contributed by atoms with Gasteiger partial charge in [0.05, 0.1) is 34.9 Å². The molecule has 0 amide bonds. The smallest absolute Gasteiger partial charge is 0.345 e. The summed E-state index contributed by atoms with van der Waals surface area (Å²) in [6, 6.07) is 22.8. The predicted molar refractivity (Wildman–Crippen MR) is 169 cm³/mol. The Hall–Kier alpha value is -4.48. The second kappa shape index (κ2) is 9.11. The minimum atomic E-state index is -1.50. The molecule has 4 saturated heterocycles. The van der Waals surface area contributed by atoms with Crippen LogP contribution in [0.2, 0.25) is 0 Å². The number of carbonyl (C=O) groups excluding carboxylic acids is 1. The number of carbonyl (C=O) groups is 1. The fraction of sp³-hybridized carbons (Fsp3) is 0.351. The molecule has 4 aliphatic heterocycles. The number of hydrogen-bond acceptors (Lipinski definition) is 10. The molecule has 2 aromatic heterocycles. The zero-order valence-electron chi connectivity index (χ0n) is 26.1. The lowest BCUT2D eigenvalue weighted by Gasteiger charge is -2.46. The minimum Gasteiger partial charge on any atom is -0.465 e. The number of esters is 1. The van der Waals surface area contributed by atoms with Gasteiger partial charge in [0.15, 0.2) is 23.4 Å². The van der Waals surface area contributed by atoms with Crippen molar-refractivity contribution in [3.05, 3.63) is 106 Å². The Morgan fingerprint density at radius 2 is 1.68 bits per heavy atom. The average Bonchev–Trinajstić information content (AvgIpc) is 3.84. The van der Waals surface area contributed by atoms with Gasteiger partial charge in [-0.3, -0.25) is 9.69 Å². The van der Waals surface area contributed by atoms with Crippen molar-refractivity contribution in [2.75, 3.05) is 13.7 Å². The van der Waals surface area contributed by atoms with Gasteiger partial charge in [-0.2, -0.15) is 0 Å². The fourth-order valence-corrected chi connectivity index (χ4v) is 9.50. The molecule has 1 spiro atoms. The maximum Gasteiger partial charge on any atom is 0.345 e. The minimum absolute atomic E-state index is 0.0861. The van der Waals surface area contributed by atoms with Crippen LogP contribution in [-0.4, -0.2) is 58.7 Å². The van der Waals surface area contributed by atoms with E-state index in [0.717, 1.165) is 47.2 Å². The van der Waals surface area contributed by atoms with Gasteiger partial charge in [-0.15, -0.1) is 0 Å². The fourth-order valence-electron chi connectivity index (χ4n) is 9.50. The molecule has 10 nitrogen and oxygen atoms in total. The van der Waals surface area contributed by atoms with Crippen molar-refractivity contribution < 1.29 is 28.2 Å². The summed E-state index contributed by atoms with van der Waals surface area (Å²) in [6.45, 7) is 4.48. The summed E-state index contributed by atoms with van der Waals surface area (Å²) in [5, 5.41) is 0.280. The molecule has 4 fully saturated rings. The number of rotatable bonds is 2. The third-order valence-electron chi connectivity index (χ3n) is 10.9. The number of methoxy groups -OCH3 is 1. The molecule has 6 atom stereocenters. The first-order valence-electron chi connectivity index (χ1n) is 16.1. The van der Waals surface area contributed by atoms with Crippen molar-refractivity contribution in [3.63, 3.8) is 0 Å². The van der Waals surface area contributed by atoms with Gasteiger partial charge >= 0.3 is 5.97 Å². The summed E-state index contributed by atoms with van der Waals surface area (Å²) in [5.74, 6) is -2.02. The van der Waals surface area contributed by atoms with Crippen molar-refractivity contribution in [3.8, 4) is 11.3 Å². The van der Waals surface area contributed by atoms with Crippen LogP contribution in [0, 0.1) is 5.92 Å². The van der Waals surface area contributed by atoms with Gasteiger partial charge in [0.2, 0.25) is 5.43 Å². The van der Waals surface area contributed by atoms with Crippen LogP contribution in [0.4, 0.5) is 0 Å². The highest BCUT2D eigenvalue weighted by Gasteiger charge is 2.83. The van der Waals surface area contributed by atoms with E-state index >= 15 is 0 Å². The topological polar surface area (TPSA) is 113 Å². The van der Waals surface area contributed by atoms with Crippen molar-refractivity contribution in [1.29, 1.82) is 0 Å². The van der Waals surface area contributed by atoms with Gasteiger partial charge in [0.25, 0.3) is 0 Å². The van der Waals surface area contributed by atoms with Crippen LogP contribution in [-0.2, 0) is 30.1 Å². The second-order valence-corrected chi connectivity index (χ2v) is 13.5. The van der Waals surface area contributed by atoms with E-state index in [1.54, 1.807) is 24.3 Å². The molecular weight excluding hydrogens is 598 g/mol. The molecule has 236 valence electrons. The van der Waals surface area contributed by atoms with E-state index in [9.17, 15) is 9.59 Å². The quantitative estimate of drug-likeness (QED) is 0.240. The molecule has 1 aliphatic carbocycles. The van der Waals surface area contributed by atoms with Crippen molar-refractivity contribution in [2.24, 2.45) is 5.92 Å². The van der Waals surface area contributed by atoms with Crippen LogP contribution in [0.3, 0.4) is 0 Å². The van der Waals surface area contributed by atoms with Crippen LogP contribution in [0.5, 0.6) is 0 Å². The average molecular weight is 630 g/mol. The number of benzene rings is 3. The lowest BCUT2D eigenvalue weighted by Crippen LogP contribution is -2.56. The van der Waals surface area contributed by atoms with E-state index in [1.807, 2.05) is 50.2 Å².